The first-order valence-electron chi connectivity index (χ1n) is 10.9. The topological polar surface area (TPSA) is 42.0 Å². The largest absolute Gasteiger partial charge is 0.454 e. The van der Waals surface area contributed by atoms with Crippen LogP contribution in [0.4, 0.5) is 18.9 Å². The van der Waals surface area contributed by atoms with Gasteiger partial charge in [-0.3, -0.25) is 9.69 Å². The first-order chi connectivity index (χ1) is 14.4. The second-order valence-corrected chi connectivity index (χ2v) is 8.64. The van der Waals surface area contributed by atoms with Gasteiger partial charge in [-0.05, 0) is 49.8 Å². The van der Waals surface area contributed by atoms with Gasteiger partial charge in [0.15, 0.2) is 11.5 Å². The van der Waals surface area contributed by atoms with Gasteiger partial charge in [-0.2, -0.15) is 13.2 Å². The number of anilines is 1. The zero-order valence-electron chi connectivity index (χ0n) is 17.1. The van der Waals surface area contributed by atoms with Crippen molar-refractivity contribution >= 4 is 11.5 Å². The van der Waals surface area contributed by atoms with Crippen LogP contribution >= 0.6 is 0 Å². The van der Waals surface area contributed by atoms with Crippen molar-refractivity contribution in [3.63, 3.8) is 0 Å². The van der Waals surface area contributed by atoms with E-state index in [0.29, 0.717) is 5.92 Å². The summed E-state index contributed by atoms with van der Waals surface area (Å²) in [6.45, 7) is 5.15. The number of ketones is 1. The fraction of sp³-hybridized carbons (Fsp3) is 0.682. The Balaban J connectivity index is 1.17. The average Bonchev–Trinajstić information content (AvgIpc) is 3.22. The summed E-state index contributed by atoms with van der Waals surface area (Å²) < 4.78 is 48.4. The third-order valence-corrected chi connectivity index (χ3v) is 6.70. The maximum absolute atomic E-state index is 12.4. The third-order valence-electron chi connectivity index (χ3n) is 6.70. The summed E-state index contributed by atoms with van der Waals surface area (Å²) in [4.78, 5) is 16.0. The maximum Gasteiger partial charge on any atom is 0.449 e. The van der Waals surface area contributed by atoms with Crippen LogP contribution in [0.5, 0.6) is 11.5 Å². The number of ether oxygens (including phenoxy) is 2. The van der Waals surface area contributed by atoms with E-state index in [1.807, 2.05) is 12.1 Å². The summed E-state index contributed by atoms with van der Waals surface area (Å²) in [6.07, 6.45) is -0.596. The van der Waals surface area contributed by atoms with Gasteiger partial charge in [0.1, 0.15) is 0 Å². The monoisotopic (exact) mass is 426 g/mol. The minimum absolute atomic E-state index is 0.0993. The number of Topliss-reactive ketones (excluding diaryl/α,β-unsaturated/α-hetero) is 1. The predicted octanol–water partition coefficient (Wildman–Crippen LogP) is 4.26. The lowest BCUT2D eigenvalue weighted by molar-refractivity contribution is -0.172. The van der Waals surface area contributed by atoms with Crippen LogP contribution in [0.3, 0.4) is 0 Å². The van der Waals surface area contributed by atoms with Gasteiger partial charge in [0.05, 0.1) is 5.69 Å². The van der Waals surface area contributed by atoms with E-state index in [-0.39, 0.29) is 19.1 Å². The van der Waals surface area contributed by atoms with Gasteiger partial charge in [-0.15, -0.1) is 0 Å². The second-order valence-electron chi connectivity index (χ2n) is 8.64. The van der Waals surface area contributed by atoms with Gasteiger partial charge in [0, 0.05) is 32.6 Å². The van der Waals surface area contributed by atoms with Crippen LogP contribution in [0.1, 0.15) is 38.5 Å². The number of rotatable bonds is 6. The van der Waals surface area contributed by atoms with E-state index < -0.39 is 12.0 Å². The number of hydrogen-bond donors (Lipinski definition) is 0. The highest BCUT2D eigenvalue weighted by Gasteiger charge is 2.39. The van der Waals surface area contributed by atoms with Gasteiger partial charge in [-0.25, -0.2) is 0 Å². The van der Waals surface area contributed by atoms with Crippen LogP contribution in [-0.2, 0) is 4.79 Å². The summed E-state index contributed by atoms with van der Waals surface area (Å²) in [5.74, 6) is 0.542. The minimum Gasteiger partial charge on any atom is -0.454 e. The van der Waals surface area contributed by atoms with Crippen molar-refractivity contribution in [3.05, 3.63) is 18.2 Å². The molecule has 8 heteroatoms. The van der Waals surface area contributed by atoms with Crippen molar-refractivity contribution in [1.82, 2.24) is 4.90 Å². The number of fused-ring (bicyclic) bond motifs is 1. The van der Waals surface area contributed by atoms with Crippen molar-refractivity contribution in [3.8, 4) is 11.5 Å². The average molecular weight is 426 g/mol. The molecule has 1 aromatic carbocycles. The zero-order valence-corrected chi connectivity index (χ0v) is 17.1. The van der Waals surface area contributed by atoms with Crippen molar-refractivity contribution in [1.29, 1.82) is 0 Å². The molecular weight excluding hydrogens is 397 g/mol. The molecule has 0 N–H and O–H groups in total. The fourth-order valence-corrected chi connectivity index (χ4v) is 4.84. The van der Waals surface area contributed by atoms with Gasteiger partial charge < -0.3 is 14.4 Å². The van der Waals surface area contributed by atoms with E-state index in [0.717, 1.165) is 82.0 Å². The summed E-state index contributed by atoms with van der Waals surface area (Å²) in [5.41, 5.74) is 1.09. The number of para-hydroxylation sites is 1. The molecule has 0 unspecified atom stereocenters. The van der Waals surface area contributed by atoms with Crippen LogP contribution in [-0.4, -0.2) is 56.4 Å². The number of carbonyl (C=O) groups is 1. The highest BCUT2D eigenvalue weighted by atomic mass is 19.4. The van der Waals surface area contributed by atoms with Crippen molar-refractivity contribution < 1.29 is 27.4 Å². The molecule has 1 aliphatic carbocycles. The minimum atomic E-state index is -4.68. The first kappa shape index (κ1) is 21.3. The molecule has 166 valence electrons. The van der Waals surface area contributed by atoms with Crippen molar-refractivity contribution in [2.24, 2.45) is 11.8 Å². The standard InChI is InChI=1S/C22H29F3N2O3/c23-22(24,25)20(28)14-17-6-4-16(5-7-17)8-9-26-10-12-27(13-11-26)18-2-1-3-19-21(18)30-15-29-19/h1-3,16-17H,4-15H2. The Morgan fingerprint density at radius 2 is 1.70 bits per heavy atom. The summed E-state index contributed by atoms with van der Waals surface area (Å²) >= 11 is 0. The Labute approximate surface area is 175 Å². The number of carbonyl (C=O) groups excluding carboxylic acids is 1. The molecule has 30 heavy (non-hydrogen) atoms. The Morgan fingerprint density at radius 3 is 2.40 bits per heavy atom. The van der Waals surface area contributed by atoms with Crippen LogP contribution in [0.25, 0.3) is 0 Å². The molecule has 2 aliphatic heterocycles. The number of halogens is 3. The highest BCUT2D eigenvalue weighted by molar-refractivity contribution is 5.84. The molecular formula is C22H29F3N2O3. The van der Waals surface area contributed by atoms with Crippen LogP contribution in [0, 0.1) is 11.8 Å². The quantitative estimate of drug-likeness (QED) is 0.680. The molecule has 0 aromatic heterocycles. The normalized spacial score (nSPS) is 24.8. The number of benzene rings is 1. The Bertz CT molecular complexity index is 740. The smallest absolute Gasteiger partial charge is 0.449 e. The molecule has 0 bridgehead atoms. The van der Waals surface area contributed by atoms with Crippen molar-refractivity contribution in [2.45, 2.75) is 44.7 Å². The third kappa shape index (κ3) is 5.02. The van der Waals surface area contributed by atoms with E-state index in [1.54, 1.807) is 0 Å². The fourth-order valence-electron chi connectivity index (χ4n) is 4.84. The van der Waals surface area contributed by atoms with E-state index in [2.05, 4.69) is 15.9 Å². The second kappa shape index (κ2) is 9.04. The molecule has 2 heterocycles. The Morgan fingerprint density at radius 1 is 1.00 bits per heavy atom. The summed E-state index contributed by atoms with van der Waals surface area (Å²) in [7, 11) is 0. The van der Waals surface area contributed by atoms with Crippen LogP contribution in [0.2, 0.25) is 0 Å². The molecule has 5 nitrogen and oxygen atoms in total. The molecule has 4 rings (SSSR count). The first-order valence-corrected chi connectivity index (χ1v) is 10.9. The highest BCUT2D eigenvalue weighted by Crippen LogP contribution is 2.41. The predicted molar refractivity (Wildman–Crippen MR) is 107 cm³/mol. The van der Waals surface area contributed by atoms with Gasteiger partial charge in [0.25, 0.3) is 0 Å². The zero-order chi connectivity index (χ0) is 21.1. The molecule has 0 spiro atoms. The number of nitrogens with zero attached hydrogens (tertiary/aromatic N) is 2. The molecule has 0 atom stereocenters. The van der Waals surface area contributed by atoms with Crippen molar-refractivity contribution in [2.75, 3.05) is 44.4 Å². The van der Waals surface area contributed by atoms with E-state index in [4.69, 9.17) is 9.47 Å². The Hall–Kier alpha value is -1.96. The Kier molecular flexibility index (Phi) is 6.41. The summed E-state index contributed by atoms with van der Waals surface area (Å²) in [5, 5.41) is 0. The lowest BCUT2D eigenvalue weighted by Gasteiger charge is -2.37. The van der Waals surface area contributed by atoms with Crippen LogP contribution < -0.4 is 14.4 Å². The number of hydrogen-bond acceptors (Lipinski definition) is 5. The molecule has 0 amide bonds. The van der Waals surface area contributed by atoms with E-state index in [1.165, 1.54) is 0 Å². The maximum atomic E-state index is 12.4. The lowest BCUT2D eigenvalue weighted by atomic mass is 9.78. The molecule has 1 aromatic rings. The number of piperazine rings is 1. The van der Waals surface area contributed by atoms with Gasteiger partial charge in [0.2, 0.25) is 12.6 Å². The molecule has 0 radical (unpaired) electrons. The van der Waals surface area contributed by atoms with Crippen LogP contribution in [0.15, 0.2) is 18.2 Å². The molecule has 1 saturated carbocycles. The molecule has 1 saturated heterocycles. The summed E-state index contributed by atoms with van der Waals surface area (Å²) in [6, 6.07) is 5.99. The number of alkyl halides is 3. The molecule has 3 aliphatic rings. The van der Waals surface area contributed by atoms with E-state index in [9.17, 15) is 18.0 Å². The lowest BCUT2D eigenvalue weighted by Crippen LogP contribution is -2.47. The molecule has 2 fully saturated rings. The van der Waals surface area contributed by atoms with Gasteiger partial charge in [-0.1, -0.05) is 18.9 Å². The van der Waals surface area contributed by atoms with E-state index >= 15 is 0 Å². The SMILES string of the molecule is O=C(CC1CCC(CCN2CCN(c3cccc4c3OCO4)CC2)CC1)C(F)(F)F. The van der Waals surface area contributed by atoms with Gasteiger partial charge >= 0.3 is 6.18 Å².